The second-order valence-corrected chi connectivity index (χ2v) is 7.41. The van der Waals surface area contributed by atoms with Crippen molar-refractivity contribution in [2.24, 2.45) is 0 Å². The predicted molar refractivity (Wildman–Crippen MR) is 71.5 cm³/mol. The molecule has 7 heteroatoms. The van der Waals surface area contributed by atoms with Gasteiger partial charge in [0.15, 0.2) is 5.79 Å². The number of fused-ring (bicyclic) bond motifs is 5. The highest BCUT2D eigenvalue weighted by atomic mass is 16.8. The number of rotatable bonds is 0. The second kappa shape index (κ2) is 4.32. The van der Waals surface area contributed by atoms with E-state index in [1.54, 1.807) is 34.6 Å². The highest BCUT2D eigenvalue weighted by molar-refractivity contribution is 5.71. The highest BCUT2D eigenvalue weighted by Crippen LogP contribution is 2.48. The number of ether oxygens (including phenoxy) is 3. The lowest BCUT2D eigenvalue weighted by molar-refractivity contribution is -0.163. The van der Waals surface area contributed by atoms with Crippen LogP contribution in [0.2, 0.25) is 0 Å². The molecule has 0 unspecified atom stereocenters. The third-order valence-electron chi connectivity index (χ3n) is 4.13. The summed E-state index contributed by atoms with van der Waals surface area (Å²) in [7, 11) is 0. The van der Waals surface area contributed by atoms with Gasteiger partial charge in [-0.25, -0.2) is 4.79 Å². The van der Waals surface area contributed by atoms with Crippen LogP contribution in [0.25, 0.3) is 0 Å². The van der Waals surface area contributed by atoms with Gasteiger partial charge in [0.05, 0.1) is 12.1 Å². The van der Waals surface area contributed by atoms with Gasteiger partial charge in [-0.15, -0.1) is 0 Å². The van der Waals surface area contributed by atoms with Crippen LogP contribution >= 0.6 is 0 Å². The second-order valence-electron chi connectivity index (χ2n) is 7.41. The Morgan fingerprint density at radius 1 is 1.10 bits per heavy atom. The molecule has 3 aliphatic heterocycles. The molecule has 3 fully saturated rings. The van der Waals surface area contributed by atoms with Crippen LogP contribution in [0.3, 0.4) is 0 Å². The van der Waals surface area contributed by atoms with Crippen LogP contribution < -0.4 is 0 Å². The summed E-state index contributed by atoms with van der Waals surface area (Å²) >= 11 is 0. The maximum atomic E-state index is 12.4. The van der Waals surface area contributed by atoms with Crippen molar-refractivity contribution in [1.29, 1.82) is 0 Å². The molecule has 3 rings (SSSR count). The molecule has 3 heterocycles. The van der Waals surface area contributed by atoms with Crippen molar-refractivity contribution in [1.82, 2.24) is 4.90 Å². The first-order chi connectivity index (χ1) is 9.52. The molecule has 0 aromatic heterocycles. The van der Waals surface area contributed by atoms with Crippen LogP contribution in [-0.2, 0) is 14.2 Å². The average Bonchev–Trinajstić information content (AvgIpc) is 2.82. The predicted octanol–water partition coefficient (Wildman–Crippen LogP) is 0.230. The lowest BCUT2D eigenvalue weighted by atomic mass is 9.90. The first-order valence-electron chi connectivity index (χ1n) is 7.25. The zero-order valence-electron chi connectivity index (χ0n) is 12.9. The number of aliphatic hydroxyl groups is 2. The minimum absolute atomic E-state index is 0.448. The lowest BCUT2D eigenvalue weighted by Gasteiger charge is -2.30. The van der Waals surface area contributed by atoms with Gasteiger partial charge in [-0.05, 0) is 34.6 Å². The van der Waals surface area contributed by atoms with Crippen LogP contribution in [0.1, 0.15) is 34.6 Å². The standard InChI is InChI=1S/C14H23NO6/c1-13(2,3)21-12(18)15-6-8(16)9(17)7(15)11-10(6)19-14(4,5)20-11/h6-11,16-17H,1-5H3/t6-,7+,8+,9-,10-,11+. The molecule has 0 radical (unpaired) electrons. The Bertz CT molecular complexity index is 433. The molecule has 0 aliphatic carbocycles. The van der Waals surface area contributed by atoms with E-state index in [1.807, 2.05) is 0 Å². The van der Waals surface area contributed by atoms with Crippen molar-refractivity contribution < 1.29 is 29.2 Å². The van der Waals surface area contributed by atoms with E-state index in [1.165, 1.54) is 4.90 Å². The quantitative estimate of drug-likeness (QED) is 0.666. The number of hydrogen-bond donors (Lipinski definition) is 2. The fourth-order valence-corrected chi connectivity index (χ4v) is 3.54. The van der Waals surface area contributed by atoms with E-state index in [-0.39, 0.29) is 0 Å². The molecule has 3 aliphatic rings. The maximum Gasteiger partial charge on any atom is 0.411 e. The molecular weight excluding hydrogens is 278 g/mol. The van der Waals surface area contributed by atoms with Crippen LogP contribution in [0.5, 0.6) is 0 Å². The number of hydrogen-bond acceptors (Lipinski definition) is 6. The molecular formula is C14H23NO6. The topological polar surface area (TPSA) is 88.5 Å². The third-order valence-corrected chi connectivity index (χ3v) is 4.13. The molecule has 6 atom stereocenters. The molecule has 0 aromatic rings. The molecule has 2 N–H and O–H groups in total. The normalized spacial score (nSPS) is 44.0. The summed E-state index contributed by atoms with van der Waals surface area (Å²) in [5.74, 6) is -0.782. The number of carbonyl (C=O) groups excluding carboxylic acids is 1. The van der Waals surface area contributed by atoms with Gasteiger partial charge in [0.1, 0.15) is 30.0 Å². The Kier molecular flexibility index (Phi) is 3.09. The Labute approximate surface area is 123 Å². The van der Waals surface area contributed by atoms with Crippen molar-refractivity contribution in [2.75, 3.05) is 0 Å². The SMILES string of the molecule is CC(C)(C)OC(=O)N1[C@@H]2[C@H](O)[C@H](O)[C@H]1[C@@H]1OC(C)(C)O[C@@H]12. The number of carbonyl (C=O) groups is 1. The Morgan fingerprint density at radius 2 is 1.52 bits per heavy atom. The summed E-state index contributed by atoms with van der Waals surface area (Å²) in [5, 5.41) is 20.4. The number of aliphatic hydroxyl groups excluding tert-OH is 2. The Morgan fingerprint density at radius 3 is 1.90 bits per heavy atom. The Hall–Kier alpha value is -0.890. The molecule has 21 heavy (non-hydrogen) atoms. The van der Waals surface area contributed by atoms with Gasteiger partial charge < -0.3 is 24.4 Å². The highest BCUT2D eigenvalue weighted by Gasteiger charge is 2.69. The number of nitrogens with zero attached hydrogens (tertiary/aromatic N) is 1. The molecule has 0 saturated carbocycles. The van der Waals surface area contributed by atoms with Gasteiger partial charge in [-0.2, -0.15) is 0 Å². The molecule has 0 spiro atoms. The van der Waals surface area contributed by atoms with Gasteiger partial charge >= 0.3 is 6.09 Å². The summed E-state index contributed by atoms with van der Waals surface area (Å²) in [6, 6.07) is -1.29. The summed E-state index contributed by atoms with van der Waals surface area (Å²) in [6.07, 6.45) is -3.57. The van der Waals surface area contributed by atoms with Crippen molar-refractivity contribution in [3.8, 4) is 0 Å². The average molecular weight is 301 g/mol. The van der Waals surface area contributed by atoms with E-state index >= 15 is 0 Å². The first kappa shape index (κ1) is 15.0. The van der Waals surface area contributed by atoms with E-state index in [2.05, 4.69) is 0 Å². The molecule has 1 amide bonds. The third kappa shape index (κ3) is 2.23. The van der Waals surface area contributed by atoms with E-state index in [0.717, 1.165) is 0 Å². The van der Waals surface area contributed by atoms with E-state index in [0.29, 0.717) is 0 Å². The van der Waals surface area contributed by atoms with Gasteiger partial charge in [0, 0.05) is 0 Å². The van der Waals surface area contributed by atoms with Crippen molar-refractivity contribution in [3.05, 3.63) is 0 Å². The van der Waals surface area contributed by atoms with Crippen LogP contribution in [0.15, 0.2) is 0 Å². The fourth-order valence-electron chi connectivity index (χ4n) is 3.54. The zero-order valence-corrected chi connectivity index (χ0v) is 12.9. The summed E-state index contributed by atoms with van der Waals surface area (Å²) in [4.78, 5) is 13.8. The van der Waals surface area contributed by atoms with Crippen molar-refractivity contribution in [3.63, 3.8) is 0 Å². The van der Waals surface area contributed by atoms with E-state index in [4.69, 9.17) is 14.2 Å². The van der Waals surface area contributed by atoms with Crippen LogP contribution in [-0.4, -0.2) is 69.1 Å². The maximum absolute atomic E-state index is 12.4. The van der Waals surface area contributed by atoms with E-state index < -0.39 is 54.0 Å². The van der Waals surface area contributed by atoms with Crippen molar-refractivity contribution in [2.45, 2.75) is 82.5 Å². The summed E-state index contributed by atoms with van der Waals surface area (Å²) in [5.41, 5.74) is -0.648. The van der Waals surface area contributed by atoms with Crippen LogP contribution in [0.4, 0.5) is 4.79 Å². The van der Waals surface area contributed by atoms with Gasteiger partial charge in [-0.3, -0.25) is 4.90 Å². The summed E-state index contributed by atoms with van der Waals surface area (Å²) < 4.78 is 17.0. The zero-order chi connectivity index (χ0) is 15.7. The Balaban J connectivity index is 1.87. The van der Waals surface area contributed by atoms with Crippen molar-refractivity contribution >= 4 is 6.09 Å². The largest absolute Gasteiger partial charge is 0.444 e. The van der Waals surface area contributed by atoms with Gasteiger partial charge in [-0.1, -0.05) is 0 Å². The minimum atomic E-state index is -1.05. The number of amides is 1. The van der Waals surface area contributed by atoms with Gasteiger partial charge in [0.2, 0.25) is 0 Å². The first-order valence-corrected chi connectivity index (χ1v) is 7.25. The van der Waals surface area contributed by atoms with Crippen LogP contribution in [0, 0.1) is 0 Å². The monoisotopic (exact) mass is 301 g/mol. The minimum Gasteiger partial charge on any atom is -0.444 e. The molecule has 2 bridgehead atoms. The molecule has 3 saturated heterocycles. The lowest BCUT2D eigenvalue weighted by Crippen LogP contribution is -2.50. The molecule has 120 valence electrons. The smallest absolute Gasteiger partial charge is 0.411 e. The molecule has 0 aromatic carbocycles. The molecule has 7 nitrogen and oxygen atoms in total. The van der Waals surface area contributed by atoms with E-state index in [9.17, 15) is 15.0 Å². The van der Waals surface area contributed by atoms with Gasteiger partial charge in [0.25, 0.3) is 0 Å². The fraction of sp³-hybridized carbons (Fsp3) is 0.929. The summed E-state index contributed by atoms with van der Waals surface area (Å²) in [6.45, 7) is 8.87.